The first kappa shape index (κ1) is 22.3. The first-order valence-electron chi connectivity index (χ1n) is 10.7. The van der Waals surface area contributed by atoms with E-state index >= 15 is 0 Å². The van der Waals surface area contributed by atoms with Gasteiger partial charge in [0.1, 0.15) is 5.82 Å². The average molecular weight is 491 g/mol. The van der Waals surface area contributed by atoms with Crippen molar-refractivity contribution in [3.8, 4) is 11.4 Å². The van der Waals surface area contributed by atoms with Gasteiger partial charge in [-0.3, -0.25) is 0 Å². The molecule has 0 saturated heterocycles. The molecule has 5 rings (SSSR count). The predicted octanol–water partition coefficient (Wildman–Crippen LogP) is 6.39. The van der Waals surface area contributed by atoms with Crippen LogP contribution in [-0.4, -0.2) is 20.2 Å². The molecule has 4 aromatic rings. The van der Waals surface area contributed by atoms with Gasteiger partial charge in [0.15, 0.2) is 5.11 Å². The van der Waals surface area contributed by atoms with E-state index in [-0.39, 0.29) is 11.9 Å². The molecule has 8 heteroatoms. The van der Waals surface area contributed by atoms with Gasteiger partial charge in [0.25, 0.3) is 5.89 Å². The lowest BCUT2D eigenvalue weighted by Crippen LogP contribution is -2.45. The third-order valence-electron chi connectivity index (χ3n) is 5.70. The minimum atomic E-state index is -0.362. The maximum Gasteiger partial charge on any atom is 0.258 e. The summed E-state index contributed by atoms with van der Waals surface area (Å²) in [6, 6.07) is 23.4. The molecule has 1 N–H and O–H groups in total. The summed E-state index contributed by atoms with van der Waals surface area (Å²) in [4.78, 5) is 6.61. The highest BCUT2D eigenvalue weighted by atomic mass is 35.5. The smallest absolute Gasteiger partial charge is 0.258 e. The zero-order valence-electron chi connectivity index (χ0n) is 18.2. The van der Waals surface area contributed by atoms with Crippen LogP contribution >= 0.6 is 23.8 Å². The third-order valence-corrected chi connectivity index (χ3v) is 6.27. The lowest BCUT2D eigenvalue weighted by Gasteiger charge is -2.37. The van der Waals surface area contributed by atoms with Crippen molar-refractivity contribution >= 4 is 34.5 Å². The molecule has 0 spiro atoms. The van der Waals surface area contributed by atoms with Gasteiger partial charge in [-0.05, 0) is 54.5 Å². The Balaban J connectivity index is 1.60. The Morgan fingerprint density at radius 1 is 1.06 bits per heavy atom. The standard InChI is InChI=1S/C26H20ClFN4OS/c1-16-22(25-30-24(31-33-25)19-10-6-12-21(28)14-19)23(18-8-3-2-4-9-18)29-26(34)32(16)15-17-7-5-11-20(27)13-17/h2-14,23H,15H2,1H3,(H,29,34). The number of thiocarbonyl (C=S) groups is 1. The van der Waals surface area contributed by atoms with Crippen molar-refractivity contribution < 1.29 is 8.91 Å². The maximum absolute atomic E-state index is 13.8. The van der Waals surface area contributed by atoms with Crippen LogP contribution in [0.15, 0.2) is 89.1 Å². The van der Waals surface area contributed by atoms with Crippen molar-refractivity contribution in [3.63, 3.8) is 0 Å². The van der Waals surface area contributed by atoms with Crippen LogP contribution in [0, 0.1) is 5.82 Å². The Hall–Kier alpha value is -3.55. The topological polar surface area (TPSA) is 54.2 Å². The Labute approximate surface area is 206 Å². The van der Waals surface area contributed by atoms with E-state index in [0.29, 0.717) is 34.0 Å². The monoisotopic (exact) mass is 490 g/mol. The minimum absolute atomic E-state index is 0.287. The zero-order chi connectivity index (χ0) is 23.7. The van der Waals surface area contributed by atoms with Gasteiger partial charge in [-0.25, -0.2) is 4.39 Å². The molecule has 1 aliphatic rings. The maximum atomic E-state index is 13.8. The molecule has 1 unspecified atom stereocenters. The Morgan fingerprint density at radius 3 is 2.62 bits per heavy atom. The number of allylic oxidation sites excluding steroid dienone is 1. The van der Waals surface area contributed by atoms with Gasteiger partial charge in [-0.2, -0.15) is 4.98 Å². The highest BCUT2D eigenvalue weighted by molar-refractivity contribution is 7.80. The van der Waals surface area contributed by atoms with E-state index in [2.05, 4.69) is 15.5 Å². The van der Waals surface area contributed by atoms with Crippen molar-refractivity contribution in [2.75, 3.05) is 0 Å². The molecular formula is C26H20ClFN4OS. The van der Waals surface area contributed by atoms with Crippen LogP contribution < -0.4 is 5.32 Å². The largest absolute Gasteiger partial charge is 0.351 e. The number of aromatic nitrogens is 2. The SMILES string of the molecule is CC1=C(c2nc(-c3cccc(F)c3)no2)C(c2ccccc2)NC(=S)N1Cc1cccc(Cl)c1. The molecule has 2 heterocycles. The quantitative estimate of drug-likeness (QED) is 0.327. The molecule has 170 valence electrons. The summed E-state index contributed by atoms with van der Waals surface area (Å²) in [5.41, 5.74) is 4.25. The second-order valence-corrected chi connectivity index (χ2v) is 8.76. The first-order chi connectivity index (χ1) is 16.5. The number of rotatable bonds is 5. The van der Waals surface area contributed by atoms with Crippen LogP contribution in [0.5, 0.6) is 0 Å². The summed E-state index contributed by atoms with van der Waals surface area (Å²) in [5, 5.41) is 8.80. The van der Waals surface area contributed by atoms with E-state index in [9.17, 15) is 4.39 Å². The molecule has 5 nitrogen and oxygen atoms in total. The minimum Gasteiger partial charge on any atom is -0.351 e. The Bertz CT molecular complexity index is 1390. The molecule has 1 atom stereocenters. The number of benzene rings is 3. The summed E-state index contributed by atoms with van der Waals surface area (Å²) >= 11 is 11.9. The summed E-state index contributed by atoms with van der Waals surface area (Å²) in [6.07, 6.45) is 0. The number of hydrogen-bond donors (Lipinski definition) is 1. The second-order valence-electron chi connectivity index (χ2n) is 7.94. The molecule has 0 saturated carbocycles. The second kappa shape index (κ2) is 9.37. The van der Waals surface area contributed by atoms with Crippen molar-refractivity contribution in [3.05, 3.63) is 112 Å². The molecule has 0 amide bonds. The van der Waals surface area contributed by atoms with Gasteiger partial charge < -0.3 is 14.7 Å². The molecular weight excluding hydrogens is 471 g/mol. The Kier molecular flexibility index (Phi) is 6.13. The van der Waals surface area contributed by atoms with E-state index in [4.69, 9.17) is 28.3 Å². The predicted molar refractivity (Wildman–Crippen MR) is 134 cm³/mol. The molecule has 0 aliphatic carbocycles. The van der Waals surface area contributed by atoms with Crippen molar-refractivity contribution in [2.45, 2.75) is 19.5 Å². The van der Waals surface area contributed by atoms with Crippen molar-refractivity contribution in [1.82, 2.24) is 20.4 Å². The highest BCUT2D eigenvalue weighted by Crippen LogP contribution is 2.38. The van der Waals surface area contributed by atoms with E-state index in [0.717, 1.165) is 22.4 Å². The van der Waals surface area contributed by atoms with Gasteiger partial charge >= 0.3 is 0 Å². The van der Waals surface area contributed by atoms with Gasteiger partial charge in [0, 0.05) is 16.3 Å². The first-order valence-corrected chi connectivity index (χ1v) is 11.5. The van der Waals surface area contributed by atoms with E-state index in [1.54, 1.807) is 12.1 Å². The van der Waals surface area contributed by atoms with Gasteiger partial charge in [-0.1, -0.05) is 71.4 Å². The molecule has 1 aromatic heterocycles. The molecule has 34 heavy (non-hydrogen) atoms. The number of halogens is 2. The third kappa shape index (κ3) is 4.44. The van der Waals surface area contributed by atoms with E-state index in [1.165, 1.54) is 12.1 Å². The number of nitrogens with zero attached hydrogens (tertiary/aromatic N) is 3. The fourth-order valence-corrected chi connectivity index (χ4v) is 4.57. The Morgan fingerprint density at radius 2 is 1.85 bits per heavy atom. The highest BCUT2D eigenvalue weighted by Gasteiger charge is 2.34. The lowest BCUT2D eigenvalue weighted by molar-refractivity contribution is 0.396. The molecule has 0 bridgehead atoms. The normalized spacial score (nSPS) is 16.0. The summed E-state index contributed by atoms with van der Waals surface area (Å²) in [6.45, 7) is 2.50. The summed E-state index contributed by atoms with van der Waals surface area (Å²) in [7, 11) is 0. The zero-order valence-corrected chi connectivity index (χ0v) is 19.8. The molecule has 3 aromatic carbocycles. The van der Waals surface area contributed by atoms with Crippen molar-refractivity contribution in [2.24, 2.45) is 0 Å². The van der Waals surface area contributed by atoms with Gasteiger partial charge in [-0.15, -0.1) is 0 Å². The van der Waals surface area contributed by atoms with Gasteiger partial charge in [0.05, 0.1) is 18.2 Å². The van der Waals surface area contributed by atoms with E-state index < -0.39 is 0 Å². The lowest BCUT2D eigenvalue weighted by atomic mass is 9.94. The van der Waals surface area contributed by atoms with E-state index in [1.807, 2.05) is 66.4 Å². The van der Waals surface area contributed by atoms with Crippen LogP contribution in [0.25, 0.3) is 17.0 Å². The fourth-order valence-electron chi connectivity index (χ4n) is 4.04. The van der Waals surface area contributed by atoms with Crippen LogP contribution in [-0.2, 0) is 6.54 Å². The van der Waals surface area contributed by atoms with Crippen molar-refractivity contribution in [1.29, 1.82) is 0 Å². The molecule has 0 fully saturated rings. The van der Waals surface area contributed by atoms with Gasteiger partial charge in [0.2, 0.25) is 5.82 Å². The number of hydrogen-bond acceptors (Lipinski definition) is 4. The molecule has 0 radical (unpaired) electrons. The fraction of sp³-hybridized carbons (Fsp3) is 0.115. The molecule has 1 aliphatic heterocycles. The average Bonchev–Trinajstić information content (AvgIpc) is 3.32. The number of nitrogens with one attached hydrogen (secondary N) is 1. The summed E-state index contributed by atoms with van der Waals surface area (Å²) < 4.78 is 19.5. The summed E-state index contributed by atoms with van der Waals surface area (Å²) in [5.74, 6) is 0.298. The van der Waals surface area contributed by atoms with Crippen LogP contribution in [0.1, 0.15) is 30.0 Å². The van der Waals surface area contributed by atoms with Crippen LogP contribution in [0.3, 0.4) is 0 Å². The van der Waals surface area contributed by atoms with Crippen LogP contribution in [0.4, 0.5) is 4.39 Å². The van der Waals surface area contributed by atoms with Crippen LogP contribution in [0.2, 0.25) is 5.02 Å².